The maximum Gasteiger partial charge on any atom is 0.305 e. The molecule has 0 aliphatic rings. The van der Waals surface area contributed by atoms with Crippen molar-refractivity contribution >= 4 is 11.9 Å². The van der Waals surface area contributed by atoms with Gasteiger partial charge in [0, 0.05) is 12.8 Å². The molecule has 2 atom stereocenters. The van der Waals surface area contributed by atoms with Crippen LogP contribution in [0, 0.1) is 0 Å². The number of hydrogen-bond donors (Lipinski definition) is 3. The number of aliphatic hydroxyl groups excluding tert-OH is 2. The fraction of sp³-hybridized carbons (Fsp3) is 0.867. The Kier molecular flexibility index (Phi) is 54.1. The standard InChI is InChI=1S/C60H113NO5/c1-3-5-7-9-11-13-15-17-29-32-36-40-44-48-52-58(63)57(56-62)61-59(64)53-49-45-41-37-33-30-26-24-22-20-18-19-21-23-25-27-31-35-39-43-47-51-55-66-60(65)54-50-46-42-38-34-28-16-14-12-10-8-6-4-2/h8,10,14,16,20,22,57-58,62-63H,3-7,9,11-13,15,17-19,21,23-56H2,1-2H3,(H,61,64)/b10-8-,16-14-,22-20-. The van der Waals surface area contributed by atoms with Crippen LogP contribution >= 0.6 is 0 Å². The molecule has 6 nitrogen and oxygen atoms in total. The van der Waals surface area contributed by atoms with E-state index < -0.39 is 12.1 Å². The molecule has 0 heterocycles. The van der Waals surface area contributed by atoms with Crippen LogP contribution < -0.4 is 5.32 Å². The van der Waals surface area contributed by atoms with Gasteiger partial charge in [-0.15, -0.1) is 0 Å². The highest BCUT2D eigenvalue weighted by atomic mass is 16.5. The summed E-state index contributed by atoms with van der Waals surface area (Å²) < 4.78 is 5.46. The van der Waals surface area contributed by atoms with Crippen molar-refractivity contribution in [1.82, 2.24) is 5.32 Å². The van der Waals surface area contributed by atoms with Crippen molar-refractivity contribution in [3.8, 4) is 0 Å². The zero-order valence-corrected chi connectivity index (χ0v) is 44.2. The van der Waals surface area contributed by atoms with Gasteiger partial charge < -0.3 is 20.3 Å². The monoisotopic (exact) mass is 928 g/mol. The lowest BCUT2D eigenvalue weighted by molar-refractivity contribution is -0.143. The van der Waals surface area contributed by atoms with Gasteiger partial charge in [0.05, 0.1) is 25.4 Å². The van der Waals surface area contributed by atoms with E-state index in [1.54, 1.807) is 0 Å². The van der Waals surface area contributed by atoms with Crippen molar-refractivity contribution in [2.75, 3.05) is 13.2 Å². The van der Waals surface area contributed by atoms with Crippen LogP contribution in [0.5, 0.6) is 0 Å². The fourth-order valence-corrected chi connectivity index (χ4v) is 8.91. The quantitative estimate of drug-likeness (QED) is 0.0321. The van der Waals surface area contributed by atoms with Crippen LogP contribution in [0.3, 0.4) is 0 Å². The van der Waals surface area contributed by atoms with Gasteiger partial charge in [-0.2, -0.15) is 0 Å². The lowest BCUT2D eigenvalue weighted by Gasteiger charge is -2.22. The Labute approximate surface area is 411 Å². The molecule has 388 valence electrons. The van der Waals surface area contributed by atoms with Crippen molar-refractivity contribution in [1.29, 1.82) is 0 Å². The highest BCUT2D eigenvalue weighted by Crippen LogP contribution is 2.17. The summed E-state index contributed by atoms with van der Waals surface area (Å²) in [7, 11) is 0. The van der Waals surface area contributed by atoms with Gasteiger partial charge in [0.15, 0.2) is 0 Å². The molecule has 6 heteroatoms. The summed E-state index contributed by atoms with van der Waals surface area (Å²) in [6.45, 7) is 4.88. The predicted octanol–water partition coefficient (Wildman–Crippen LogP) is 18.0. The van der Waals surface area contributed by atoms with E-state index in [1.807, 2.05) is 0 Å². The van der Waals surface area contributed by atoms with Crippen molar-refractivity contribution in [3.63, 3.8) is 0 Å². The number of ether oxygens (including phenoxy) is 1. The molecule has 0 radical (unpaired) electrons. The lowest BCUT2D eigenvalue weighted by atomic mass is 10.0. The van der Waals surface area contributed by atoms with E-state index >= 15 is 0 Å². The maximum atomic E-state index is 12.5. The normalized spacial score (nSPS) is 12.8. The SMILES string of the molecule is CCC/C=C\C/C=C\CCCCCCCC(=O)OCCCCCCCCCCCCC/C=C\CCCCCCCCCC(=O)NC(CO)C(O)CCCCCCCCCCCCCCCC. The van der Waals surface area contributed by atoms with Crippen LogP contribution in [0.1, 0.15) is 309 Å². The number of carbonyl (C=O) groups is 2. The maximum absolute atomic E-state index is 12.5. The molecule has 2 unspecified atom stereocenters. The minimum atomic E-state index is -0.668. The molecule has 0 aliphatic heterocycles. The summed E-state index contributed by atoms with van der Waals surface area (Å²) in [5.74, 6) is -0.0473. The van der Waals surface area contributed by atoms with Gasteiger partial charge in [-0.1, -0.05) is 256 Å². The smallest absolute Gasteiger partial charge is 0.305 e. The molecular weight excluding hydrogens is 815 g/mol. The largest absolute Gasteiger partial charge is 0.466 e. The molecule has 0 aromatic carbocycles. The predicted molar refractivity (Wildman–Crippen MR) is 287 cm³/mol. The second-order valence-electron chi connectivity index (χ2n) is 20.0. The summed E-state index contributed by atoms with van der Waals surface area (Å²) in [5.41, 5.74) is 0. The summed E-state index contributed by atoms with van der Waals surface area (Å²) in [6, 6.07) is -0.546. The zero-order chi connectivity index (χ0) is 47.9. The van der Waals surface area contributed by atoms with Gasteiger partial charge in [0.25, 0.3) is 0 Å². The van der Waals surface area contributed by atoms with Crippen LogP contribution in [0.25, 0.3) is 0 Å². The van der Waals surface area contributed by atoms with Crippen molar-refractivity contribution in [2.24, 2.45) is 0 Å². The second-order valence-corrected chi connectivity index (χ2v) is 20.0. The highest BCUT2D eigenvalue weighted by molar-refractivity contribution is 5.76. The second kappa shape index (κ2) is 55.7. The van der Waals surface area contributed by atoms with Gasteiger partial charge >= 0.3 is 5.97 Å². The molecule has 0 spiro atoms. The molecule has 1 amide bonds. The third-order valence-electron chi connectivity index (χ3n) is 13.4. The molecule has 0 aromatic rings. The topological polar surface area (TPSA) is 95.9 Å². The Morgan fingerprint density at radius 2 is 0.788 bits per heavy atom. The van der Waals surface area contributed by atoms with Gasteiger partial charge in [0.2, 0.25) is 5.91 Å². The van der Waals surface area contributed by atoms with E-state index in [1.165, 1.54) is 225 Å². The number of aliphatic hydroxyl groups is 2. The van der Waals surface area contributed by atoms with Gasteiger partial charge in [-0.3, -0.25) is 9.59 Å². The Bertz CT molecular complexity index is 1070. The third kappa shape index (κ3) is 51.5. The first-order valence-electron chi connectivity index (χ1n) is 29.2. The van der Waals surface area contributed by atoms with E-state index in [9.17, 15) is 19.8 Å². The zero-order valence-electron chi connectivity index (χ0n) is 44.2. The molecule has 3 N–H and O–H groups in total. The molecule has 0 saturated carbocycles. The number of nitrogens with one attached hydrogen (secondary N) is 1. The van der Waals surface area contributed by atoms with Crippen LogP contribution in [-0.4, -0.2) is 47.4 Å². The van der Waals surface area contributed by atoms with Gasteiger partial charge in [-0.05, 0) is 77.0 Å². The van der Waals surface area contributed by atoms with Crippen LogP contribution in [-0.2, 0) is 14.3 Å². The molecule has 0 aliphatic carbocycles. The number of rotatable bonds is 54. The average molecular weight is 929 g/mol. The first-order valence-corrected chi connectivity index (χ1v) is 29.2. The lowest BCUT2D eigenvalue weighted by Crippen LogP contribution is -2.45. The number of carbonyl (C=O) groups excluding carboxylic acids is 2. The van der Waals surface area contributed by atoms with E-state index in [2.05, 4.69) is 55.6 Å². The Balaban J connectivity index is 3.42. The van der Waals surface area contributed by atoms with Gasteiger partial charge in [0.1, 0.15) is 0 Å². The summed E-state index contributed by atoms with van der Waals surface area (Å²) >= 11 is 0. The van der Waals surface area contributed by atoms with Crippen molar-refractivity contribution in [3.05, 3.63) is 36.5 Å². The highest BCUT2D eigenvalue weighted by Gasteiger charge is 2.20. The molecular formula is C60H113NO5. The van der Waals surface area contributed by atoms with Crippen LogP contribution in [0.15, 0.2) is 36.5 Å². The number of unbranched alkanes of at least 4 members (excludes halogenated alkanes) is 37. The Morgan fingerprint density at radius 1 is 0.424 bits per heavy atom. The minimum absolute atomic E-state index is 0.00560. The Hall–Kier alpha value is -1.92. The average Bonchev–Trinajstić information content (AvgIpc) is 3.32. The third-order valence-corrected chi connectivity index (χ3v) is 13.4. The van der Waals surface area contributed by atoms with Crippen LogP contribution in [0.2, 0.25) is 0 Å². The molecule has 0 rings (SSSR count). The molecule has 66 heavy (non-hydrogen) atoms. The fourth-order valence-electron chi connectivity index (χ4n) is 8.91. The van der Waals surface area contributed by atoms with E-state index in [0.717, 1.165) is 51.4 Å². The molecule has 0 saturated heterocycles. The molecule has 0 bridgehead atoms. The van der Waals surface area contributed by atoms with Crippen molar-refractivity contribution < 1.29 is 24.5 Å². The van der Waals surface area contributed by atoms with Crippen molar-refractivity contribution in [2.45, 2.75) is 321 Å². The van der Waals surface area contributed by atoms with E-state index in [4.69, 9.17) is 4.74 Å². The summed E-state index contributed by atoms with van der Waals surface area (Å²) in [5, 5.41) is 23.2. The number of allylic oxidation sites excluding steroid dienone is 6. The first-order chi connectivity index (χ1) is 32.5. The number of amides is 1. The number of esters is 1. The summed E-state index contributed by atoms with van der Waals surface area (Å²) in [6.07, 6.45) is 68.5. The summed E-state index contributed by atoms with van der Waals surface area (Å²) in [4.78, 5) is 24.5. The van der Waals surface area contributed by atoms with E-state index in [-0.39, 0.29) is 18.5 Å². The van der Waals surface area contributed by atoms with Crippen LogP contribution in [0.4, 0.5) is 0 Å². The molecule has 0 aromatic heterocycles. The van der Waals surface area contributed by atoms with E-state index in [0.29, 0.717) is 25.9 Å². The number of hydrogen-bond acceptors (Lipinski definition) is 5. The minimum Gasteiger partial charge on any atom is -0.466 e. The Morgan fingerprint density at radius 3 is 1.23 bits per heavy atom. The van der Waals surface area contributed by atoms with Gasteiger partial charge in [-0.25, -0.2) is 0 Å². The first kappa shape index (κ1) is 64.1. The molecule has 0 fully saturated rings.